The molecule has 0 spiro atoms. The number of fused-ring (bicyclic) bond motifs is 1. The van der Waals surface area contributed by atoms with Crippen LogP contribution in [0, 0.1) is 0 Å². The maximum absolute atomic E-state index is 10.9. The number of ether oxygens (including phenoxy) is 1. The van der Waals surface area contributed by atoms with Crippen LogP contribution in [0.25, 0.3) is 10.8 Å². The minimum Gasteiger partial charge on any atom is -0.468 e. The summed E-state index contributed by atoms with van der Waals surface area (Å²) in [7, 11) is 1.31. The number of H-pyrrole nitrogens is 1. The van der Waals surface area contributed by atoms with E-state index in [1.807, 2.05) is 30.5 Å². The highest BCUT2D eigenvalue weighted by atomic mass is 16.5. The van der Waals surface area contributed by atoms with Gasteiger partial charge in [-0.25, -0.2) is 4.99 Å². The van der Waals surface area contributed by atoms with Crippen molar-refractivity contribution in [1.82, 2.24) is 4.98 Å². The minimum absolute atomic E-state index is 0.103. The van der Waals surface area contributed by atoms with Gasteiger partial charge in [0, 0.05) is 17.0 Å². The second-order valence-electron chi connectivity index (χ2n) is 3.65. The third-order valence-corrected chi connectivity index (χ3v) is 2.46. The van der Waals surface area contributed by atoms with Gasteiger partial charge in [0.2, 0.25) is 0 Å². The number of rotatable bonds is 3. The van der Waals surface area contributed by atoms with E-state index in [1.165, 1.54) is 7.11 Å². The molecule has 2 aromatic rings. The molecule has 0 radical (unpaired) electrons. The summed E-state index contributed by atoms with van der Waals surface area (Å²) in [5.74, 6) is 0.473. The van der Waals surface area contributed by atoms with E-state index in [0.717, 1.165) is 16.6 Å². The number of esters is 1. The van der Waals surface area contributed by atoms with Crippen molar-refractivity contribution in [3.05, 3.63) is 30.5 Å². The van der Waals surface area contributed by atoms with Crippen LogP contribution in [0.3, 0.4) is 0 Å². The SMILES string of the molecule is COC(=O)CN=C(N)Nc1[nH]cc2ccccc12. The number of aromatic amines is 1. The molecular formula is C12H14N4O2. The Bertz CT molecular complexity index is 589. The molecule has 0 unspecified atom stereocenters. The number of nitrogens with one attached hydrogen (secondary N) is 2. The molecule has 0 atom stereocenters. The Morgan fingerprint density at radius 1 is 1.50 bits per heavy atom. The van der Waals surface area contributed by atoms with Crippen molar-refractivity contribution in [2.75, 3.05) is 19.0 Å². The molecule has 2 rings (SSSR count). The van der Waals surface area contributed by atoms with Crippen molar-refractivity contribution < 1.29 is 9.53 Å². The summed E-state index contributed by atoms with van der Waals surface area (Å²) in [6.45, 7) is -0.103. The molecule has 94 valence electrons. The Morgan fingerprint density at radius 3 is 3.06 bits per heavy atom. The Kier molecular flexibility index (Phi) is 3.47. The summed E-state index contributed by atoms with van der Waals surface area (Å²) in [5, 5.41) is 4.99. The number of aromatic nitrogens is 1. The lowest BCUT2D eigenvalue weighted by molar-refractivity contribution is -0.138. The highest BCUT2D eigenvalue weighted by Gasteiger charge is 2.04. The van der Waals surface area contributed by atoms with E-state index in [4.69, 9.17) is 5.73 Å². The minimum atomic E-state index is -0.434. The second kappa shape index (κ2) is 5.22. The van der Waals surface area contributed by atoms with Crippen molar-refractivity contribution in [2.24, 2.45) is 10.7 Å². The quantitative estimate of drug-likeness (QED) is 0.429. The summed E-state index contributed by atoms with van der Waals surface area (Å²) < 4.78 is 4.47. The molecule has 1 heterocycles. The lowest BCUT2D eigenvalue weighted by atomic mass is 10.2. The van der Waals surface area contributed by atoms with Crippen molar-refractivity contribution in [3.63, 3.8) is 0 Å². The van der Waals surface area contributed by atoms with Gasteiger partial charge in [-0.05, 0) is 0 Å². The number of hydrogen-bond acceptors (Lipinski definition) is 3. The van der Waals surface area contributed by atoms with Crippen LogP contribution in [0.1, 0.15) is 0 Å². The average molecular weight is 246 g/mol. The number of nitrogens with two attached hydrogens (primary N) is 1. The third-order valence-electron chi connectivity index (χ3n) is 2.46. The molecule has 4 N–H and O–H groups in total. The van der Waals surface area contributed by atoms with Crippen molar-refractivity contribution >= 4 is 28.5 Å². The highest BCUT2D eigenvalue weighted by Crippen LogP contribution is 2.21. The van der Waals surface area contributed by atoms with Crippen LogP contribution in [0.5, 0.6) is 0 Å². The molecule has 0 aliphatic rings. The monoisotopic (exact) mass is 246 g/mol. The summed E-state index contributed by atoms with van der Waals surface area (Å²) in [6, 6.07) is 7.83. The van der Waals surface area contributed by atoms with E-state index in [1.54, 1.807) is 0 Å². The zero-order chi connectivity index (χ0) is 13.0. The van der Waals surface area contributed by atoms with Crippen molar-refractivity contribution in [1.29, 1.82) is 0 Å². The Morgan fingerprint density at radius 2 is 2.28 bits per heavy atom. The molecule has 0 aliphatic heterocycles. The number of carbonyl (C=O) groups excluding carboxylic acids is 1. The lowest BCUT2D eigenvalue weighted by Gasteiger charge is -2.03. The fourth-order valence-electron chi connectivity index (χ4n) is 1.56. The third kappa shape index (κ3) is 2.60. The van der Waals surface area contributed by atoms with Crippen LogP contribution in [0.2, 0.25) is 0 Å². The first-order chi connectivity index (χ1) is 8.70. The average Bonchev–Trinajstić information content (AvgIpc) is 2.79. The molecule has 0 saturated carbocycles. The zero-order valence-corrected chi connectivity index (χ0v) is 9.93. The number of aliphatic imine (C=N–C) groups is 1. The van der Waals surface area contributed by atoms with E-state index < -0.39 is 5.97 Å². The molecule has 0 aliphatic carbocycles. The van der Waals surface area contributed by atoms with Gasteiger partial charge >= 0.3 is 5.97 Å². The first-order valence-corrected chi connectivity index (χ1v) is 5.40. The van der Waals surface area contributed by atoms with Gasteiger partial charge in [0.05, 0.1) is 7.11 Å². The smallest absolute Gasteiger partial charge is 0.327 e. The van der Waals surface area contributed by atoms with E-state index in [0.29, 0.717) is 0 Å². The standard InChI is InChI=1S/C12H14N4O2/c1-18-10(17)7-15-12(13)16-11-9-5-3-2-4-8(9)6-14-11/h2-6,14H,7H2,1H3,(H3,13,15,16). The number of methoxy groups -OCH3 is 1. The summed E-state index contributed by atoms with van der Waals surface area (Å²) in [5.41, 5.74) is 5.67. The Labute approximate surface area is 104 Å². The van der Waals surface area contributed by atoms with Gasteiger partial charge in [0.15, 0.2) is 5.96 Å². The van der Waals surface area contributed by atoms with E-state index in [2.05, 4.69) is 20.0 Å². The number of carbonyl (C=O) groups is 1. The van der Waals surface area contributed by atoms with Gasteiger partial charge in [-0.15, -0.1) is 0 Å². The van der Waals surface area contributed by atoms with Crippen LogP contribution < -0.4 is 11.1 Å². The fraction of sp³-hybridized carbons (Fsp3) is 0.167. The molecule has 1 aromatic carbocycles. The van der Waals surface area contributed by atoms with Crippen molar-refractivity contribution in [2.45, 2.75) is 0 Å². The summed E-state index contributed by atoms with van der Waals surface area (Å²) in [4.78, 5) is 17.8. The second-order valence-corrected chi connectivity index (χ2v) is 3.65. The molecule has 6 heteroatoms. The molecule has 0 fully saturated rings. The van der Waals surface area contributed by atoms with Crippen molar-refractivity contribution in [3.8, 4) is 0 Å². The Hall–Kier alpha value is -2.50. The van der Waals surface area contributed by atoms with Crippen LogP contribution in [0.15, 0.2) is 35.5 Å². The van der Waals surface area contributed by atoms with Gasteiger partial charge < -0.3 is 20.8 Å². The highest BCUT2D eigenvalue weighted by molar-refractivity contribution is 6.02. The molecule has 1 aromatic heterocycles. The number of guanidine groups is 1. The molecule has 0 bridgehead atoms. The van der Waals surface area contributed by atoms with Gasteiger partial charge in [-0.1, -0.05) is 24.3 Å². The predicted octanol–water partition coefficient (Wildman–Crippen LogP) is 1.07. The maximum Gasteiger partial charge on any atom is 0.327 e. The van der Waals surface area contributed by atoms with E-state index in [9.17, 15) is 4.79 Å². The van der Waals surface area contributed by atoms with Crippen LogP contribution in [-0.4, -0.2) is 30.6 Å². The Balaban J connectivity index is 2.11. The topological polar surface area (TPSA) is 92.5 Å². The lowest BCUT2D eigenvalue weighted by Crippen LogP contribution is -2.24. The van der Waals surface area contributed by atoms with Gasteiger partial charge in [-0.3, -0.25) is 4.79 Å². The largest absolute Gasteiger partial charge is 0.468 e. The van der Waals surface area contributed by atoms with E-state index >= 15 is 0 Å². The normalized spacial score (nSPS) is 11.5. The summed E-state index contributed by atoms with van der Waals surface area (Å²) >= 11 is 0. The van der Waals surface area contributed by atoms with Gasteiger partial charge in [0.25, 0.3) is 0 Å². The number of benzene rings is 1. The van der Waals surface area contributed by atoms with Crippen LogP contribution in [0.4, 0.5) is 5.82 Å². The molecular weight excluding hydrogens is 232 g/mol. The molecule has 0 amide bonds. The van der Waals surface area contributed by atoms with Crippen LogP contribution in [-0.2, 0) is 9.53 Å². The number of anilines is 1. The number of nitrogens with zero attached hydrogens (tertiary/aromatic N) is 1. The van der Waals surface area contributed by atoms with Crippen LogP contribution >= 0.6 is 0 Å². The number of hydrogen-bond donors (Lipinski definition) is 3. The summed E-state index contributed by atoms with van der Waals surface area (Å²) in [6.07, 6.45) is 1.87. The maximum atomic E-state index is 10.9. The molecule has 6 nitrogen and oxygen atoms in total. The van der Waals surface area contributed by atoms with E-state index in [-0.39, 0.29) is 12.5 Å². The first-order valence-electron chi connectivity index (χ1n) is 5.40. The molecule has 0 saturated heterocycles. The first kappa shape index (κ1) is 12.0. The zero-order valence-electron chi connectivity index (χ0n) is 9.93. The molecule has 18 heavy (non-hydrogen) atoms. The predicted molar refractivity (Wildman–Crippen MR) is 70.4 cm³/mol. The fourth-order valence-corrected chi connectivity index (χ4v) is 1.56. The van der Waals surface area contributed by atoms with Gasteiger partial charge in [-0.2, -0.15) is 0 Å². The van der Waals surface area contributed by atoms with Gasteiger partial charge in [0.1, 0.15) is 12.4 Å².